The van der Waals surface area contributed by atoms with Crippen LogP contribution in [0.5, 0.6) is 34.5 Å². The van der Waals surface area contributed by atoms with Gasteiger partial charge in [-0.1, -0.05) is 6.07 Å². The number of rotatable bonds is 12. The van der Waals surface area contributed by atoms with Gasteiger partial charge in [0.25, 0.3) is 0 Å². The third-order valence-electron chi connectivity index (χ3n) is 7.88. The van der Waals surface area contributed by atoms with Gasteiger partial charge in [0.05, 0.1) is 54.0 Å². The Kier molecular flexibility index (Phi) is 10.0. The van der Waals surface area contributed by atoms with Crippen molar-refractivity contribution in [2.45, 2.75) is 13.1 Å². The summed E-state index contributed by atoms with van der Waals surface area (Å²) < 4.78 is 33.2. The Morgan fingerprint density at radius 1 is 0.568 bits per heavy atom. The lowest BCUT2D eigenvalue weighted by Crippen LogP contribution is -2.45. The van der Waals surface area contributed by atoms with Gasteiger partial charge in [-0.05, 0) is 53.6 Å². The Morgan fingerprint density at radius 3 is 1.61 bits per heavy atom. The molecular formula is C34H40N4O6. The fourth-order valence-electron chi connectivity index (χ4n) is 5.61. The summed E-state index contributed by atoms with van der Waals surface area (Å²) in [5.74, 6) is 3.55. The largest absolute Gasteiger partial charge is 0.493 e. The van der Waals surface area contributed by atoms with Crippen LogP contribution in [0.4, 0.5) is 0 Å². The van der Waals surface area contributed by atoms with Gasteiger partial charge in [-0.25, -0.2) is 0 Å². The van der Waals surface area contributed by atoms with Crippen LogP contribution < -0.4 is 28.4 Å². The molecule has 3 heterocycles. The second kappa shape index (κ2) is 14.3. The molecule has 232 valence electrons. The third kappa shape index (κ3) is 6.66. The van der Waals surface area contributed by atoms with E-state index in [0.29, 0.717) is 34.5 Å². The molecule has 10 heteroatoms. The van der Waals surface area contributed by atoms with Gasteiger partial charge in [0, 0.05) is 62.8 Å². The summed E-state index contributed by atoms with van der Waals surface area (Å²) in [5, 5.41) is 0. The highest BCUT2D eigenvalue weighted by Gasteiger charge is 2.21. The maximum Gasteiger partial charge on any atom is 0.203 e. The molecule has 10 nitrogen and oxygen atoms in total. The molecule has 5 rings (SSSR count). The van der Waals surface area contributed by atoms with Gasteiger partial charge >= 0.3 is 0 Å². The van der Waals surface area contributed by atoms with Crippen molar-refractivity contribution < 1.29 is 28.4 Å². The van der Waals surface area contributed by atoms with E-state index < -0.39 is 0 Å². The number of methoxy groups -OCH3 is 6. The van der Waals surface area contributed by atoms with Crippen LogP contribution in [-0.2, 0) is 13.1 Å². The van der Waals surface area contributed by atoms with Crippen molar-refractivity contribution >= 4 is 0 Å². The van der Waals surface area contributed by atoms with E-state index in [-0.39, 0.29) is 0 Å². The van der Waals surface area contributed by atoms with Crippen LogP contribution in [0, 0.1) is 0 Å². The first-order valence-electron chi connectivity index (χ1n) is 14.5. The van der Waals surface area contributed by atoms with Gasteiger partial charge in [0.15, 0.2) is 23.0 Å². The molecule has 1 aliphatic heterocycles. The molecule has 1 saturated heterocycles. The molecule has 0 bridgehead atoms. The Hall–Kier alpha value is -4.54. The zero-order valence-electron chi connectivity index (χ0n) is 26.3. The zero-order chi connectivity index (χ0) is 31.1. The molecule has 4 aromatic rings. The van der Waals surface area contributed by atoms with Crippen molar-refractivity contribution in [3.05, 3.63) is 72.1 Å². The van der Waals surface area contributed by atoms with Crippen LogP contribution in [0.3, 0.4) is 0 Å². The minimum absolute atomic E-state index is 0.564. The lowest BCUT2D eigenvalue weighted by molar-refractivity contribution is 0.122. The number of ether oxygens (including phenoxy) is 6. The predicted octanol–water partition coefficient (Wildman–Crippen LogP) is 5.18. The van der Waals surface area contributed by atoms with Gasteiger partial charge in [-0.2, -0.15) is 0 Å². The van der Waals surface area contributed by atoms with Crippen LogP contribution in [0.15, 0.2) is 60.9 Å². The molecule has 0 unspecified atom stereocenters. The van der Waals surface area contributed by atoms with E-state index in [0.717, 1.165) is 67.3 Å². The molecule has 1 fully saturated rings. The maximum absolute atomic E-state index is 5.59. The molecule has 2 aromatic heterocycles. The van der Waals surface area contributed by atoms with Crippen molar-refractivity contribution in [2.24, 2.45) is 0 Å². The SMILES string of the molecule is COc1cc(-c2cc(CN3CCN(Cc4cccnc4-c4cc(OC)c(OC)c(OC)c4)CC3)ccn2)cc(OC)c1OC. The van der Waals surface area contributed by atoms with Crippen molar-refractivity contribution in [3.8, 4) is 57.0 Å². The third-order valence-corrected chi connectivity index (χ3v) is 7.88. The number of pyridine rings is 2. The monoisotopic (exact) mass is 600 g/mol. The second-order valence-corrected chi connectivity index (χ2v) is 10.4. The summed E-state index contributed by atoms with van der Waals surface area (Å²) >= 11 is 0. The molecule has 0 radical (unpaired) electrons. The molecule has 0 saturated carbocycles. The molecule has 0 aliphatic carbocycles. The van der Waals surface area contributed by atoms with E-state index in [2.05, 4.69) is 33.0 Å². The first-order valence-corrected chi connectivity index (χ1v) is 14.5. The molecule has 0 atom stereocenters. The average molecular weight is 601 g/mol. The lowest BCUT2D eigenvalue weighted by atomic mass is 10.0. The van der Waals surface area contributed by atoms with Gasteiger partial charge < -0.3 is 28.4 Å². The summed E-state index contributed by atoms with van der Waals surface area (Å²) in [7, 11) is 9.69. The normalized spacial score (nSPS) is 13.8. The van der Waals surface area contributed by atoms with Gasteiger partial charge in [0.1, 0.15) is 0 Å². The molecule has 2 aromatic carbocycles. The molecule has 1 aliphatic rings. The Morgan fingerprint density at radius 2 is 1.09 bits per heavy atom. The van der Waals surface area contributed by atoms with Crippen LogP contribution >= 0.6 is 0 Å². The second-order valence-electron chi connectivity index (χ2n) is 10.4. The van der Waals surface area contributed by atoms with E-state index in [1.165, 1.54) is 5.56 Å². The van der Waals surface area contributed by atoms with Crippen molar-refractivity contribution in [3.63, 3.8) is 0 Å². The first-order chi connectivity index (χ1) is 21.5. The van der Waals surface area contributed by atoms with Crippen molar-refractivity contribution in [1.29, 1.82) is 0 Å². The van der Waals surface area contributed by atoms with E-state index in [9.17, 15) is 0 Å². The van der Waals surface area contributed by atoms with E-state index in [1.807, 2.05) is 42.7 Å². The summed E-state index contributed by atoms with van der Waals surface area (Å²) in [6.07, 6.45) is 3.68. The molecule has 0 N–H and O–H groups in total. The van der Waals surface area contributed by atoms with Gasteiger partial charge in [-0.3, -0.25) is 19.8 Å². The minimum atomic E-state index is 0.564. The number of benzene rings is 2. The summed E-state index contributed by atoms with van der Waals surface area (Å²) in [5.41, 5.74) is 5.95. The van der Waals surface area contributed by atoms with Gasteiger partial charge in [-0.15, -0.1) is 0 Å². The summed E-state index contributed by atoms with van der Waals surface area (Å²) in [6, 6.07) is 16.1. The fourth-order valence-corrected chi connectivity index (χ4v) is 5.61. The quantitative estimate of drug-likeness (QED) is 0.217. The minimum Gasteiger partial charge on any atom is -0.493 e. The molecule has 0 amide bonds. The molecular weight excluding hydrogens is 560 g/mol. The van der Waals surface area contributed by atoms with E-state index in [1.54, 1.807) is 42.7 Å². The van der Waals surface area contributed by atoms with Crippen LogP contribution in [0.25, 0.3) is 22.5 Å². The summed E-state index contributed by atoms with van der Waals surface area (Å²) in [4.78, 5) is 14.3. The number of piperazine rings is 1. The maximum atomic E-state index is 5.59. The fraction of sp³-hybridized carbons (Fsp3) is 0.353. The predicted molar refractivity (Wildman–Crippen MR) is 169 cm³/mol. The number of aromatic nitrogens is 2. The highest BCUT2D eigenvalue weighted by Crippen LogP contribution is 2.42. The van der Waals surface area contributed by atoms with Crippen molar-refractivity contribution in [2.75, 3.05) is 68.8 Å². The highest BCUT2D eigenvalue weighted by molar-refractivity contribution is 5.71. The Balaban J connectivity index is 1.26. The number of hydrogen-bond acceptors (Lipinski definition) is 10. The molecule has 44 heavy (non-hydrogen) atoms. The number of hydrogen-bond donors (Lipinski definition) is 0. The Bertz CT molecular complexity index is 1520. The van der Waals surface area contributed by atoms with Crippen molar-refractivity contribution in [1.82, 2.24) is 19.8 Å². The highest BCUT2D eigenvalue weighted by atomic mass is 16.5. The first kappa shape index (κ1) is 30.9. The van der Waals surface area contributed by atoms with Crippen LogP contribution in [0.2, 0.25) is 0 Å². The zero-order valence-corrected chi connectivity index (χ0v) is 26.3. The van der Waals surface area contributed by atoms with E-state index in [4.69, 9.17) is 33.4 Å². The topological polar surface area (TPSA) is 87.6 Å². The Labute approximate surface area is 259 Å². The van der Waals surface area contributed by atoms with E-state index >= 15 is 0 Å². The van der Waals surface area contributed by atoms with Gasteiger partial charge in [0.2, 0.25) is 11.5 Å². The smallest absolute Gasteiger partial charge is 0.203 e. The number of nitrogens with zero attached hydrogens (tertiary/aromatic N) is 4. The lowest BCUT2D eigenvalue weighted by Gasteiger charge is -2.35. The summed E-state index contributed by atoms with van der Waals surface area (Å²) in [6.45, 7) is 5.47. The standard InChI is InChI=1S/C34H40N4O6/c1-39-28-17-25(18-29(40-2)33(28)43-5)27-16-23(9-11-35-27)21-37-12-14-38(15-13-37)22-24-8-7-10-36-32(24)26-19-30(41-3)34(44-6)31(20-26)42-4/h7-11,16-20H,12-15,21-22H2,1-6H3. The van der Waals surface area contributed by atoms with Crippen LogP contribution in [0.1, 0.15) is 11.1 Å². The average Bonchev–Trinajstić information content (AvgIpc) is 3.08. The van der Waals surface area contributed by atoms with Crippen LogP contribution in [-0.4, -0.2) is 88.6 Å². The molecule has 0 spiro atoms.